The lowest BCUT2D eigenvalue weighted by atomic mass is 10.2. The molecule has 102 valence electrons. The summed E-state index contributed by atoms with van der Waals surface area (Å²) in [7, 11) is 0. The van der Waals surface area contributed by atoms with Crippen LogP contribution in [-0.4, -0.2) is 21.1 Å². The molecular weight excluding hydrogens is 274 g/mol. The van der Waals surface area contributed by atoms with Gasteiger partial charge in [0.1, 0.15) is 5.01 Å². The number of nitrogen functional groups attached to an aromatic ring is 1. The highest BCUT2D eigenvalue weighted by Crippen LogP contribution is 2.19. The van der Waals surface area contributed by atoms with E-state index in [0.29, 0.717) is 17.9 Å². The third-order valence-corrected chi connectivity index (χ3v) is 3.84. The summed E-state index contributed by atoms with van der Waals surface area (Å²) in [5.41, 5.74) is 8.43. The second-order valence-electron chi connectivity index (χ2n) is 4.44. The lowest BCUT2D eigenvalue weighted by molar-refractivity contribution is 0.0947. The van der Waals surface area contributed by atoms with E-state index in [2.05, 4.69) is 20.5 Å². The number of anilines is 1. The Morgan fingerprint density at radius 2 is 2.35 bits per heavy atom. The van der Waals surface area contributed by atoms with Gasteiger partial charge in [0, 0.05) is 22.1 Å². The number of aromatic nitrogens is 3. The second kappa shape index (κ2) is 4.93. The molecule has 3 aromatic rings. The molecule has 0 atom stereocenters. The lowest BCUT2D eigenvalue weighted by Gasteiger charge is -2.01. The van der Waals surface area contributed by atoms with Crippen LogP contribution in [0, 0.1) is 6.92 Å². The fraction of sp³-hybridized carbons (Fsp3) is 0.154. The van der Waals surface area contributed by atoms with Crippen molar-refractivity contribution in [3.8, 4) is 0 Å². The van der Waals surface area contributed by atoms with E-state index in [1.165, 1.54) is 11.3 Å². The summed E-state index contributed by atoms with van der Waals surface area (Å²) < 4.78 is 0. The van der Waals surface area contributed by atoms with Crippen LogP contribution in [0.15, 0.2) is 23.6 Å². The molecule has 0 radical (unpaired) electrons. The number of rotatable bonds is 3. The molecular formula is C13H13N5OS. The molecule has 0 saturated carbocycles. The van der Waals surface area contributed by atoms with Gasteiger partial charge in [-0.3, -0.25) is 9.89 Å². The minimum absolute atomic E-state index is 0.241. The van der Waals surface area contributed by atoms with Gasteiger partial charge in [-0.2, -0.15) is 5.10 Å². The first-order valence-electron chi connectivity index (χ1n) is 6.06. The zero-order chi connectivity index (χ0) is 14.1. The highest BCUT2D eigenvalue weighted by molar-refractivity contribution is 7.09. The maximum absolute atomic E-state index is 12.2. The number of H-pyrrole nitrogens is 1. The molecule has 20 heavy (non-hydrogen) atoms. The van der Waals surface area contributed by atoms with E-state index >= 15 is 0 Å². The predicted molar refractivity (Wildman–Crippen MR) is 78.5 cm³/mol. The number of nitrogens with zero attached hydrogens (tertiary/aromatic N) is 2. The zero-order valence-electron chi connectivity index (χ0n) is 10.8. The van der Waals surface area contributed by atoms with Gasteiger partial charge < -0.3 is 11.1 Å². The Balaban J connectivity index is 1.80. The summed E-state index contributed by atoms with van der Waals surface area (Å²) >= 11 is 1.52. The second-order valence-corrected chi connectivity index (χ2v) is 5.39. The van der Waals surface area contributed by atoms with Gasteiger partial charge in [-0.25, -0.2) is 4.98 Å². The minimum Gasteiger partial charge on any atom is -0.399 e. The smallest absolute Gasteiger partial charge is 0.272 e. The van der Waals surface area contributed by atoms with E-state index in [0.717, 1.165) is 21.6 Å². The van der Waals surface area contributed by atoms with Crippen molar-refractivity contribution >= 4 is 33.8 Å². The number of aromatic amines is 1. The third kappa shape index (κ3) is 2.35. The monoisotopic (exact) mass is 287 g/mol. The van der Waals surface area contributed by atoms with Gasteiger partial charge in [0.25, 0.3) is 5.91 Å². The van der Waals surface area contributed by atoms with Crippen LogP contribution in [0.4, 0.5) is 5.69 Å². The number of hydrogen-bond acceptors (Lipinski definition) is 5. The first-order valence-corrected chi connectivity index (χ1v) is 6.94. The van der Waals surface area contributed by atoms with Crippen LogP contribution in [-0.2, 0) is 6.54 Å². The van der Waals surface area contributed by atoms with E-state index < -0.39 is 0 Å². The van der Waals surface area contributed by atoms with Crippen molar-refractivity contribution in [3.05, 3.63) is 40.0 Å². The summed E-state index contributed by atoms with van der Waals surface area (Å²) in [6.07, 6.45) is 0. The molecule has 0 fully saturated rings. The number of fused-ring (bicyclic) bond motifs is 1. The third-order valence-electron chi connectivity index (χ3n) is 2.87. The fourth-order valence-electron chi connectivity index (χ4n) is 1.93. The number of nitrogens with one attached hydrogen (secondary N) is 2. The number of thiazole rings is 1. The summed E-state index contributed by atoms with van der Waals surface area (Å²) in [6.45, 7) is 2.32. The van der Waals surface area contributed by atoms with Gasteiger partial charge in [0.2, 0.25) is 0 Å². The van der Waals surface area contributed by atoms with Crippen LogP contribution in [0.5, 0.6) is 0 Å². The Kier molecular flexibility index (Phi) is 3.11. The van der Waals surface area contributed by atoms with Crippen molar-refractivity contribution in [2.45, 2.75) is 13.5 Å². The normalized spacial score (nSPS) is 10.8. The molecule has 0 aliphatic rings. The van der Waals surface area contributed by atoms with E-state index in [1.54, 1.807) is 18.2 Å². The minimum atomic E-state index is -0.241. The van der Waals surface area contributed by atoms with Crippen LogP contribution in [0.3, 0.4) is 0 Å². The molecule has 0 unspecified atom stereocenters. The van der Waals surface area contributed by atoms with Crippen LogP contribution in [0.1, 0.15) is 21.2 Å². The largest absolute Gasteiger partial charge is 0.399 e. The molecule has 7 heteroatoms. The molecule has 4 N–H and O–H groups in total. The number of aryl methyl sites for hydroxylation is 1. The summed E-state index contributed by atoms with van der Waals surface area (Å²) in [5, 5.41) is 13.2. The van der Waals surface area contributed by atoms with Gasteiger partial charge in [-0.15, -0.1) is 11.3 Å². The van der Waals surface area contributed by atoms with Crippen LogP contribution >= 0.6 is 11.3 Å². The number of carbonyl (C=O) groups excluding carboxylic acids is 1. The van der Waals surface area contributed by atoms with E-state index in [4.69, 9.17) is 5.73 Å². The quantitative estimate of drug-likeness (QED) is 0.640. The molecule has 6 nitrogen and oxygen atoms in total. The molecule has 0 saturated heterocycles. The molecule has 0 spiro atoms. The van der Waals surface area contributed by atoms with E-state index in [9.17, 15) is 4.79 Å². The molecule has 0 aliphatic carbocycles. The van der Waals surface area contributed by atoms with Crippen molar-refractivity contribution in [2.24, 2.45) is 0 Å². The zero-order valence-corrected chi connectivity index (χ0v) is 11.6. The maximum atomic E-state index is 12.2. The van der Waals surface area contributed by atoms with E-state index in [-0.39, 0.29) is 5.91 Å². The van der Waals surface area contributed by atoms with Crippen molar-refractivity contribution in [3.63, 3.8) is 0 Å². The maximum Gasteiger partial charge on any atom is 0.272 e. The predicted octanol–water partition coefficient (Wildman–Crippen LogP) is 1.84. The van der Waals surface area contributed by atoms with Crippen LogP contribution < -0.4 is 11.1 Å². The summed E-state index contributed by atoms with van der Waals surface area (Å²) in [4.78, 5) is 16.4. The average molecular weight is 287 g/mol. The van der Waals surface area contributed by atoms with Crippen molar-refractivity contribution in [1.82, 2.24) is 20.5 Å². The average Bonchev–Trinajstić information content (AvgIpc) is 3.02. The lowest BCUT2D eigenvalue weighted by Crippen LogP contribution is -2.23. The SMILES string of the molecule is Cc1csc(CNC(=O)c2n[nH]c3ccc(N)cc23)n1. The summed E-state index contributed by atoms with van der Waals surface area (Å²) in [6, 6.07) is 5.31. The Morgan fingerprint density at radius 3 is 3.10 bits per heavy atom. The number of carbonyl (C=O) groups is 1. The highest BCUT2D eigenvalue weighted by atomic mass is 32.1. The van der Waals surface area contributed by atoms with Crippen molar-refractivity contribution < 1.29 is 4.79 Å². The van der Waals surface area contributed by atoms with Crippen LogP contribution in [0.25, 0.3) is 10.9 Å². The van der Waals surface area contributed by atoms with Gasteiger partial charge in [-0.05, 0) is 25.1 Å². The van der Waals surface area contributed by atoms with Gasteiger partial charge in [0.15, 0.2) is 5.69 Å². The highest BCUT2D eigenvalue weighted by Gasteiger charge is 2.14. The topological polar surface area (TPSA) is 96.7 Å². The standard InChI is InChI=1S/C13H13N5OS/c1-7-6-20-11(16-7)5-15-13(19)12-9-4-8(14)2-3-10(9)17-18-12/h2-4,6H,5,14H2,1H3,(H,15,19)(H,17,18). The Labute approximate surface area is 119 Å². The molecule has 1 aromatic carbocycles. The number of hydrogen-bond donors (Lipinski definition) is 3. The first-order chi connectivity index (χ1) is 9.63. The Hall–Kier alpha value is -2.41. The summed E-state index contributed by atoms with van der Waals surface area (Å²) in [5.74, 6) is -0.241. The first kappa shape index (κ1) is 12.6. The molecule has 2 aromatic heterocycles. The van der Waals surface area contributed by atoms with Gasteiger partial charge in [0.05, 0.1) is 12.1 Å². The molecule has 3 rings (SSSR count). The molecule has 0 bridgehead atoms. The van der Waals surface area contributed by atoms with Crippen molar-refractivity contribution in [2.75, 3.05) is 5.73 Å². The molecule has 0 aliphatic heterocycles. The Bertz CT molecular complexity index is 776. The molecule has 2 heterocycles. The Morgan fingerprint density at radius 1 is 1.50 bits per heavy atom. The number of nitrogens with two attached hydrogens (primary N) is 1. The van der Waals surface area contributed by atoms with Crippen molar-refractivity contribution in [1.29, 1.82) is 0 Å². The van der Waals surface area contributed by atoms with E-state index in [1.807, 2.05) is 12.3 Å². The number of amides is 1. The molecule has 1 amide bonds. The van der Waals surface area contributed by atoms with Gasteiger partial charge in [-0.1, -0.05) is 0 Å². The number of benzene rings is 1. The van der Waals surface area contributed by atoms with Gasteiger partial charge >= 0.3 is 0 Å². The van der Waals surface area contributed by atoms with Crippen LogP contribution in [0.2, 0.25) is 0 Å². The fourth-order valence-corrected chi connectivity index (χ4v) is 2.64.